The minimum atomic E-state index is -0.282. The van der Waals surface area contributed by atoms with Gasteiger partial charge in [0.25, 0.3) is 11.8 Å². The van der Waals surface area contributed by atoms with Gasteiger partial charge < -0.3 is 24.6 Å². The highest BCUT2D eigenvalue weighted by Gasteiger charge is 2.23. The third-order valence-electron chi connectivity index (χ3n) is 5.44. The molecule has 4 rings (SSSR count). The van der Waals surface area contributed by atoms with Gasteiger partial charge in [-0.1, -0.05) is 11.6 Å². The number of rotatable bonds is 7. The second-order valence-corrected chi connectivity index (χ2v) is 8.14. The zero-order valence-electron chi connectivity index (χ0n) is 18.7. The maximum atomic E-state index is 12.7. The van der Waals surface area contributed by atoms with E-state index in [0.29, 0.717) is 48.2 Å². The Hall–Kier alpha value is -3.78. The summed E-state index contributed by atoms with van der Waals surface area (Å²) in [6.07, 6.45) is 1.62. The molecule has 34 heavy (non-hydrogen) atoms. The van der Waals surface area contributed by atoms with Crippen molar-refractivity contribution in [2.24, 2.45) is 0 Å². The summed E-state index contributed by atoms with van der Waals surface area (Å²) in [7, 11) is 1.60. The van der Waals surface area contributed by atoms with Gasteiger partial charge in [-0.25, -0.2) is 4.98 Å². The van der Waals surface area contributed by atoms with E-state index < -0.39 is 0 Å². The average molecular weight is 481 g/mol. The molecule has 0 radical (unpaired) electrons. The molecule has 0 saturated carbocycles. The first-order valence-corrected chi connectivity index (χ1v) is 11.2. The standard InChI is InChI=1S/C25H25ClN4O4/c1-33-21-7-2-18(3-8-21)25(32)30-14-12-29(13-15-30)23-11-6-20(16-27-23)28-24(31)17-34-22-9-4-19(26)5-10-22/h2-11,16H,12-15,17H2,1H3,(H,28,31). The number of hydrogen-bond donors (Lipinski definition) is 1. The van der Waals surface area contributed by atoms with Crippen LogP contribution in [0, 0.1) is 0 Å². The van der Waals surface area contributed by atoms with Crippen LogP contribution >= 0.6 is 11.6 Å². The Labute approximate surface area is 203 Å². The Bertz CT molecular complexity index is 1110. The first kappa shape index (κ1) is 23.4. The van der Waals surface area contributed by atoms with Crippen LogP contribution in [0.1, 0.15) is 10.4 Å². The number of methoxy groups -OCH3 is 1. The fourth-order valence-electron chi connectivity index (χ4n) is 3.58. The van der Waals surface area contributed by atoms with Crippen molar-refractivity contribution < 1.29 is 19.1 Å². The molecule has 2 amide bonds. The third-order valence-corrected chi connectivity index (χ3v) is 5.70. The van der Waals surface area contributed by atoms with E-state index in [1.165, 1.54) is 0 Å². The van der Waals surface area contributed by atoms with Crippen LogP contribution in [0.25, 0.3) is 0 Å². The molecule has 0 unspecified atom stereocenters. The van der Waals surface area contributed by atoms with E-state index in [0.717, 1.165) is 11.6 Å². The van der Waals surface area contributed by atoms with Crippen molar-refractivity contribution >= 4 is 34.9 Å². The number of benzene rings is 2. The van der Waals surface area contributed by atoms with Gasteiger partial charge in [-0.15, -0.1) is 0 Å². The van der Waals surface area contributed by atoms with Gasteiger partial charge in [-0.2, -0.15) is 0 Å². The molecule has 1 aromatic heterocycles. The topological polar surface area (TPSA) is 84.0 Å². The number of aromatic nitrogens is 1. The lowest BCUT2D eigenvalue weighted by Crippen LogP contribution is -2.49. The molecule has 3 aromatic rings. The van der Waals surface area contributed by atoms with Gasteiger partial charge in [0.2, 0.25) is 0 Å². The first-order valence-electron chi connectivity index (χ1n) is 10.8. The van der Waals surface area contributed by atoms with E-state index in [1.807, 2.05) is 11.0 Å². The van der Waals surface area contributed by atoms with E-state index in [4.69, 9.17) is 21.1 Å². The highest BCUT2D eigenvalue weighted by atomic mass is 35.5. The molecule has 0 atom stereocenters. The number of nitrogens with zero attached hydrogens (tertiary/aromatic N) is 3. The van der Waals surface area contributed by atoms with Gasteiger partial charge in [0.1, 0.15) is 17.3 Å². The smallest absolute Gasteiger partial charge is 0.262 e. The van der Waals surface area contributed by atoms with Crippen molar-refractivity contribution in [3.05, 3.63) is 77.4 Å². The zero-order valence-corrected chi connectivity index (χ0v) is 19.5. The predicted octanol–water partition coefficient (Wildman–Crippen LogP) is 3.72. The number of piperazine rings is 1. The molecule has 8 nitrogen and oxygen atoms in total. The number of anilines is 2. The molecule has 1 N–H and O–H groups in total. The number of amides is 2. The quantitative estimate of drug-likeness (QED) is 0.555. The van der Waals surface area contributed by atoms with Crippen LogP contribution in [0.2, 0.25) is 5.02 Å². The molecule has 1 aliphatic heterocycles. The Balaban J connectivity index is 1.25. The maximum Gasteiger partial charge on any atom is 0.262 e. The lowest BCUT2D eigenvalue weighted by molar-refractivity contribution is -0.118. The van der Waals surface area contributed by atoms with Crippen LogP contribution in [-0.4, -0.2) is 61.6 Å². The van der Waals surface area contributed by atoms with E-state index in [1.54, 1.807) is 67.9 Å². The zero-order chi connectivity index (χ0) is 23.9. The van der Waals surface area contributed by atoms with E-state index in [2.05, 4.69) is 15.2 Å². The van der Waals surface area contributed by atoms with Gasteiger partial charge in [0.15, 0.2) is 6.61 Å². The fraction of sp³-hybridized carbons (Fsp3) is 0.240. The van der Waals surface area contributed by atoms with E-state index >= 15 is 0 Å². The minimum absolute atomic E-state index is 0.00846. The van der Waals surface area contributed by atoms with E-state index in [-0.39, 0.29) is 18.4 Å². The van der Waals surface area contributed by atoms with Gasteiger partial charge in [0.05, 0.1) is 19.0 Å². The van der Waals surface area contributed by atoms with Crippen molar-refractivity contribution in [2.75, 3.05) is 50.1 Å². The molecule has 0 aliphatic carbocycles. The number of nitrogens with one attached hydrogen (secondary N) is 1. The van der Waals surface area contributed by atoms with Gasteiger partial charge in [0, 0.05) is 36.8 Å². The van der Waals surface area contributed by atoms with E-state index in [9.17, 15) is 9.59 Å². The summed E-state index contributed by atoms with van der Waals surface area (Å²) in [5, 5.41) is 3.37. The second-order valence-electron chi connectivity index (χ2n) is 7.70. The first-order chi connectivity index (χ1) is 16.5. The second kappa shape index (κ2) is 10.9. The molecule has 2 heterocycles. The molecule has 0 spiro atoms. The summed E-state index contributed by atoms with van der Waals surface area (Å²) in [6.45, 7) is 2.44. The summed E-state index contributed by atoms with van der Waals surface area (Å²) in [6, 6.07) is 17.6. The summed E-state index contributed by atoms with van der Waals surface area (Å²) in [5.41, 5.74) is 1.23. The highest BCUT2D eigenvalue weighted by molar-refractivity contribution is 6.30. The lowest BCUT2D eigenvalue weighted by Gasteiger charge is -2.35. The predicted molar refractivity (Wildman–Crippen MR) is 131 cm³/mol. The Kier molecular flexibility index (Phi) is 7.49. The molecule has 1 aliphatic rings. The number of carbonyl (C=O) groups is 2. The SMILES string of the molecule is COc1ccc(C(=O)N2CCN(c3ccc(NC(=O)COc4ccc(Cl)cc4)cn3)CC2)cc1. The molecule has 2 aromatic carbocycles. The van der Waals surface area contributed by atoms with Crippen LogP contribution in [-0.2, 0) is 4.79 Å². The van der Waals surface area contributed by atoms with Crippen molar-refractivity contribution in [1.82, 2.24) is 9.88 Å². The Morgan fingerprint density at radius 2 is 1.62 bits per heavy atom. The Morgan fingerprint density at radius 3 is 2.24 bits per heavy atom. The van der Waals surface area contributed by atoms with Crippen LogP contribution in [0.15, 0.2) is 66.9 Å². The normalized spacial score (nSPS) is 13.4. The molecular formula is C25H25ClN4O4. The average Bonchev–Trinajstić information content (AvgIpc) is 2.88. The van der Waals surface area contributed by atoms with Crippen molar-refractivity contribution in [3.8, 4) is 11.5 Å². The number of carbonyl (C=O) groups excluding carboxylic acids is 2. The number of hydrogen-bond acceptors (Lipinski definition) is 6. The minimum Gasteiger partial charge on any atom is -0.497 e. The van der Waals surface area contributed by atoms with Crippen molar-refractivity contribution in [2.45, 2.75) is 0 Å². The van der Waals surface area contributed by atoms with Crippen molar-refractivity contribution in [1.29, 1.82) is 0 Å². The monoisotopic (exact) mass is 480 g/mol. The molecule has 1 saturated heterocycles. The highest BCUT2D eigenvalue weighted by Crippen LogP contribution is 2.19. The van der Waals surface area contributed by atoms with Crippen LogP contribution in [0.4, 0.5) is 11.5 Å². The fourth-order valence-corrected chi connectivity index (χ4v) is 3.70. The lowest BCUT2D eigenvalue weighted by atomic mass is 10.1. The van der Waals surface area contributed by atoms with Crippen molar-refractivity contribution in [3.63, 3.8) is 0 Å². The van der Waals surface area contributed by atoms with Gasteiger partial charge in [-0.3, -0.25) is 9.59 Å². The molecule has 0 bridgehead atoms. The number of ether oxygens (including phenoxy) is 2. The van der Waals surface area contributed by atoms with Crippen LogP contribution in [0.5, 0.6) is 11.5 Å². The Morgan fingerprint density at radius 1 is 0.941 bits per heavy atom. The molecule has 9 heteroatoms. The summed E-state index contributed by atoms with van der Waals surface area (Å²) in [4.78, 5) is 33.3. The molecule has 176 valence electrons. The van der Waals surface area contributed by atoms with Crippen LogP contribution in [0.3, 0.4) is 0 Å². The number of pyridine rings is 1. The molecule has 1 fully saturated rings. The molecular weight excluding hydrogens is 456 g/mol. The summed E-state index contributed by atoms with van der Waals surface area (Å²) < 4.78 is 10.6. The third kappa shape index (κ3) is 5.96. The summed E-state index contributed by atoms with van der Waals surface area (Å²) in [5.74, 6) is 1.81. The summed E-state index contributed by atoms with van der Waals surface area (Å²) >= 11 is 5.84. The number of halogens is 1. The van der Waals surface area contributed by atoms with Gasteiger partial charge >= 0.3 is 0 Å². The maximum absolute atomic E-state index is 12.7. The van der Waals surface area contributed by atoms with Crippen LogP contribution < -0.4 is 19.7 Å². The largest absolute Gasteiger partial charge is 0.497 e. The van der Waals surface area contributed by atoms with Gasteiger partial charge in [-0.05, 0) is 60.7 Å².